The first kappa shape index (κ1) is 20.6. The van der Waals surface area contributed by atoms with Crippen molar-refractivity contribution in [2.75, 3.05) is 11.9 Å². The van der Waals surface area contributed by atoms with Crippen LogP contribution in [0.5, 0.6) is 0 Å². The Balaban J connectivity index is 1.27. The Kier molecular flexibility index (Phi) is 5.99. The van der Waals surface area contributed by atoms with Crippen LogP contribution in [0.4, 0.5) is 5.13 Å². The zero-order chi connectivity index (χ0) is 21.2. The van der Waals surface area contributed by atoms with E-state index in [1.54, 1.807) is 34.0 Å². The van der Waals surface area contributed by atoms with Gasteiger partial charge in [-0.3, -0.25) is 9.59 Å². The van der Waals surface area contributed by atoms with Gasteiger partial charge in [0.25, 0.3) is 0 Å². The molecule has 0 aromatic carbocycles. The lowest BCUT2D eigenvalue weighted by molar-refractivity contribution is -0.132. The highest BCUT2D eigenvalue weighted by atomic mass is 32.1. The molecular weight excluding hydrogens is 467 g/mol. The summed E-state index contributed by atoms with van der Waals surface area (Å²) in [7, 11) is 0. The van der Waals surface area contributed by atoms with E-state index in [-0.39, 0.29) is 24.3 Å². The minimum atomic E-state index is -0.0894. The number of thiophene rings is 3. The Hall–Kier alpha value is -2.33. The molecule has 9 heteroatoms. The van der Waals surface area contributed by atoms with Crippen LogP contribution in [0.25, 0.3) is 0 Å². The van der Waals surface area contributed by atoms with Crippen LogP contribution in [0.3, 0.4) is 0 Å². The lowest BCUT2D eigenvalue weighted by atomic mass is 9.98. The largest absolute Gasteiger partial charge is 0.330 e. The van der Waals surface area contributed by atoms with Crippen molar-refractivity contribution >= 4 is 62.3 Å². The first-order chi connectivity index (χ1) is 15.2. The van der Waals surface area contributed by atoms with E-state index in [0.717, 1.165) is 11.3 Å². The standard InChI is InChI=1S/C22H19N3O2S4/c26-19(12-15-3-1-8-28-15)24-22-23-14(13-31-22)11-20(27)25-7-5-17-16(6-10-30-17)21(25)18-4-2-9-29-18/h1-4,6,8-10,13,21H,5,7,11-12H2,(H,23,24,26). The summed E-state index contributed by atoms with van der Waals surface area (Å²) in [5, 5.41) is 11.4. The topological polar surface area (TPSA) is 62.3 Å². The minimum Gasteiger partial charge on any atom is -0.330 e. The molecule has 0 fully saturated rings. The number of rotatable bonds is 6. The number of aromatic nitrogens is 1. The van der Waals surface area contributed by atoms with Crippen molar-refractivity contribution in [2.24, 2.45) is 0 Å². The summed E-state index contributed by atoms with van der Waals surface area (Å²) in [6.45, 7) is 0.712. The predicted molar refractivity (Wildman–Crippen MR) is 128 cm³/mol. The normalized spacial score (nSPS) is 15.6. The van der Waals surface area contributed by atoms with Crippen molar-refractivity contribution in [2.45, 2.75) is 25.3 Å². The number of fused-ring (bicyclic) bond motifs is 1. The molecule has 5 nitrogen and oxygen atoms in total. The van der Waals surface area contributed by atoms with E-state index in [2.05, 4.69) is 33.2 Å². The molecule has 2 amide bonds. The van der Waals surface area contributed by atoms with Crippen LogP contribution in [-0.4, -0.2) is 28.2 Å². The summed E-state index contributed by atoms with van der Waals surface area (Å²) >= 11 is 6.38. The number of anilines is 1. The van der Waals surface area contributed by atoms with Crippen molar-refractivity contribution in [3.05, 3.63) is 77.7 Å². The average Bonchev–Trinajstić information content (AvgIpc) is 3.54. The maximum atomic E-state index is 13.3. The van der Waals surface area contributed by atoms with Crippen molar-refractivity contribution in [1.82, 2.24) is 9.88 Å². The third-order valence-corrected chi connectivity index (χ3v) is 8.75. The van der Waals surface area contributed by atoms with Crippen LogP contribution in [0.15, 0.2) is 51.9 Å². The van der Waals surface area contributed by atoms with E-state index in [0.29, 0.717) is 23.8 Å². The van der Waals surface area contributed by atoms with Crippen LogP contribution < -0.4 is 5.32 Å². The molecular formula is C22H19N3O2S4. The van der Waals surface area contributed by atoms with Crippen molar-refractivity contribution in [1.29, 1.82) is 0 Å². The second-order valence-corrected chi connectivity index (χ2v) is 11.0. The molecule has 0 radical (unpaired) electrons. The van der Waals surface area contributed by atoms with E-state index in [9.17, 15) is 9.59 Å². The van der Waals surface area contributed by atoms with Crippen LogP contribution in [-0.2, 0) is 28.9 Å². The fourth-order valence-corrected chi connectivity index (χ4v) is 6.96. The Morgan fingerprint density at radius 2 is 1.90 bits per heavy atom. The number of hydrogen-bond donors (Lipinski definition) is 1. The highest BCUT2D eigenvalue weighted by Crippen LogP contribution is 2.39. The third kappa shape index (κ3) is 4.50. The van der Waals surface area contributed by atoms with Gasteiger partial charge in [0.1, 0.15) is 0 Å². The molecule has 0 saturated heterocycles. The highest BCUT2D eigenvalue weighted by Gasteiger charge is 2.33. The molecule has 158 valence electrons. The third-order valence-electron chi connectivity index (χ3n) is 5.14. The molecule has 0 spiro atoms. The molecule has 4 aromatic rings. The summed E-state index contributed by atoms with van der Waals surface area (Å²) in [4.78, 5) is 35.5. The molecule has 0 saturated carbocycles. The zero-order valence-electron chi connectivity index (χ0n) is 16.4. The maximum Gasteiger partial charge on any atom is 0.231 e. The van der Waals surface area contributed by atoms with Gasteiger partial charge in [-0.15, -0.1) is 45.3 Å². The number of amides is 2. The van der Waals surface area contributed by atoms with Gasteiger partial charge in [0, 0.05) is 26.6 Å². The van der Waals surface area contributed by atoms with Crippen molar-refractivity contribution in [3.8, 4) is 0 Å². The van der Waals surface area contributed by atoms with Gasteiger partial charge in [0.05, 0.1) is 24.6 Å². The second-order valence-electron chi connectivity index (χ2n) is 7.18. The smallest absolute Gasteiger partial charge is 0.231 e. The van der Waals surface area contributed by atoms with Gasteiger partial charge in [-0.05, 0) is 46.3 Å². The Bertz CT molecular complexity index is 1180. The SMILES string of the molecule is O=C(Cc1cccs1)Nc1nc(CC(=O)N2CCc3sccc3C2c2cccs2)cs1. The van der Waals surface area contributed by atoms with Crippen LogP contribution >= 0.6 is 45.3 Å². The molecule has 1 N–H and O–H groups in total. The molecule has 0 aliphatic carbocycles. The molecule has 1 aliphatic rings. The lowest BCUT2D eigenvalue weighted by Crippen LogP contribution is -2.40. The molecule has 0 bridgehead atoms. The first-order valence-corrected chi connectivity index (χ1v) is 13.3. The summed E-state index contributed by atoms with van der Waals surface area (Å²) in [6.07, 6.45) is 1.46. The fourth-order valence-electron chi connectivity index (χ4n) is 3.78. The van der Waals surface area contributed by atoms with E-state index in [4.69, 9.17) is 0 Å². The van der Waals surface area contributed by atoms with Crippen LogP contribution in [0.1, 0.15) is 31.9 Å². The van der Waals surface area contributed by atoms with Crippen molar-refractivity contribution in [3.63, 3.8) is 0 Å². The van der Waals surface area contributed by atoms with Gasteiger partial charge in [0.2, 0.25) is 11.8 Å². The first-order valence-electron chi connectivity index (χ1n) is 9.83. The summed E-state index contributed by atoms with van der Waals surface area (Å²) in [5.41, 5.74) is 1.94. The van der Waals surface area contributed by atoms with Gasteiger partial charge < -0.3 is 10.2 Å². The van der Waals surface area contributed by atoms with Gasteiger partial charge in [0.15, 0.2) is 5.13 Å². The van der Waals surface area contributed by atoms with Gasteiger partial charge in [-0.2, -0.15) is 0 Å². The Morgan fingerprint density at radius 3 is 2.71 bits per heavy atom. The van der Waals surface area contributed by atoms with E-state index >= 15 is 0 Å². The van der Waals surface area contributed by atoms with E-state index < -0.39 is 0 Å². The highest BCUT2D eigenvalue weighted by molar-refractivity contribution is 7.14. The second kappa shape index (κ2) is 9.04. The predicted octanol–water partition coefficient (Wildman–Crippen LogP) is 5.23. The summed E-state index contributed by atoms with van der Waals surface area (Å²) in [5.74, 6) is -0.0227. The molecule has 31 heavy (non-hydrogen) atoms. The zero-order valence-corrected chi connectivity index (χ0v) is 19.7. The molecule has 4 aromatic heterocycles. The number of thiazole rings is 1. The molecule has 5 heterocycles. The van der Waals surface area contributed by atoms with Gasteiger partial charge in [-0.1, -0.05) is 12.1 Å². The number of carbonyl (C=O) groups is 2. The summed E-state index contributed by atoms with van der Waals surface area (Å²) < 4.78 is 0. The van der Waals surface area contributed by atoms with Crippen LogP contribution in [0.2, 0.25) is 0 Å². The average molecular weight is 486 g/mol. The van der Waals surface area contributed by atoms with Crippen LogP contribution in [0, 0.1) is 0 Å². The summed E-state index contributed by atoms with van der Waals surface area (Å²) in [6, 6.07) is 10.1. The minimum absolute atomic E-state index is 0.0221. The monoisotopic (exact) mass is 485 g/mol. The fraction of sp³-hybridized carbons (Fsp3) is 0.227. The molecule has 5 rings (SSSR count). The quantitative estimate of drug-likeness (QED) is 0.407. The molecule has 1 aliphatic heterocycles. The number of carbonyl (C=O) groups excluding carboxylic acids is 2. The lowest BCUT2D eigenvalue weighted by Gasteiger charge is -2.35. The van der Waals surface area contributed by atoms with Gasteiger partial charge >= 0.3 is 0 Å². The number of nitrogens with zero attached hydrogens (tertiary/aromatic N) is 2. The van der Waals surface area contributed by atoms with E-state index in [1.807, 2.05) is 33.9 Å². The number of hydrogen-bond acceptors (Lipinski definition) is 7. The molecule has 1 atom stereocenters. The Labute approximate surface area is 196 Å². The molecule has 1 unspecified atom stereocenters. The Morgan fingerprint density at radius 1 is 1.03 bits per heavy atom. The van der Waals surface area contributed by atoms with Gasteiger partial charge in [-0.25, -0.2) is 4.98 Å². The maximum absolute atomic E-state index is 13.3. The van der Waals surface area contributed by atoms with E-state index in [1.165, 1.54) is 26.7 Å². The number of nitrogens with one attached hydrogen (secondary N) is 1. The van der Waals surface area contributed by atoms with Crippen molar-refractivity contribution < 1.29 is 9.59 Å².